The van der Waals surface area contributed by atoms with E-state index in [0.29, 0.717) is 5.92 Å². The lowest BCUT2D eigenvalue weighted by atomic mass is 10.0. The summed E-state index contributed by atoms with van der Waals surface area (Å²) in [5.74, 6) is 0.0765. The second-order valence-electron chi connectivity index (χ2n) is 3.05. The second kappa shape index (κ2) is 4.14. The summed E-state index contributed by atoms with van der Waals surface area (Å²) in [4.78, 5) is 7.47. The minimum absolute atomic E-state index is 0.511. The second-order valence-corrected chi connectivity index (χ2v) is 3.05. The van der Waals surface area contributed by atoms with Crippen molar-refractivity contribution < 1.29 is 4.39 Å². The minimum atomic E-state index is -0.511. The van der Waals surface area contributed by atoms with Gasteiger partial charge in [0.25, 0.3) is 0 Å². The average molecular weight is 168 g/mol. The number of halogens is 1. The molecule has 0 radical (unpaired) electrons. The zero-order valence-electron chi connectivity index (χ0n) is 7.42. The highest BCUT2D eigenvalue weighted by molar-refractivity contribution is 4.96. The third kappa shape index (κ3) is 2.57. The summed E-state index contributed by atoms with van der Waals surface area (Å²) < 4.78 is 12.3. The Labute approximate surface area is 71.9 Å². The van der Waals surface area contributed by atoms with Crippen molar-refractivity contribution in [1.29, 1.82) is 0 Å². The molecule has 0 fully saturated rings. The molecule has 0 amide bonds. The van der Waals surface area contributed by atoms with Crippen LogP contribution in [-0.2, 0) is 6.42 Å². The molecular weight excluding hydrogens is 155 g/mol. The molecule has 0 aliphatic heterocycles. The third-order valence-corrected chi connectivity index (χ3v) is 1.93. The van der Waals surface area contributed by atoms with Gasteiger partial charge in [0.1, 0.15) is 0 Å². The maximum Gasteiger partial charge on any atom is 0.231 e. The van der Waals surface area contributed by atoms with Crippen LogP contribution in [0.3, 0.4) is 0 Å². The highest BCUT2D eigenvalue weighted by atomic mass is 19.1. The van der Waals surface area contributed by atoms with Crippen LogP contribution in [0.25, 0.3) is 0 Å². The van der Waals surface area contributed by atoms with E-state index in [1.165, 1.54) is 6.20 Å². The Balaban J connectivity index is 2.58. The van der Waals surface area contributed by atoms with Gasteiger partial charge in [0.2, 0.25) is 5.95 Å². The molecule has 0 aliphatic rings. The van der Waals surface area contributed by atoms with Gasteiger partial charge in [-0.15, -0.1) is 0 Å². The molecule has 12 heavy (non-hydrogen) atoms. The number of nitrogens with zero attached hydrogens (tertiary/aromatic N) is 2. The Bertz CT molecular complexity index is 233. The Hall–Kier alpha value is -0.990. The van der Waals surface area contributed by atoms with E-state index < -0.39 is 5.95 Å². The molecule has 3 heteroatoms. The zero-order valence-corrected chi connectivity index (χ0v) is 7.42. The van der Waals surface area contributed by atoms with Crippen molar-refractivity contribution in [1.82, 2.24) is 9.97 Å². The maximum atomic E-state index is 12.3. The molecule has 2 nitrogen and oxygen atoms in total. The monoisotopic (exact) mass is 168 g/mol. The Morgan fingerprint density at radius 1 is 1.42 bits per heavy atom. The molecule has 0 saturated heterocycles. The summed E-state index contributed by atoms with van der Waals surface area (Å²) in [6.45, 7) is 4.27. The fraction of sp³-hybridized carbons (Fsp3) is 0.556. The lowest BCUT2D eigenvalue weighted by Gasteiger charge is -2.05. The van der Waals surface area contributed by atoms with Crippen LogP contribution in [0, 0.1) is 11.9 Å². The normalized spacial score (nSPS) is 12.9. The molecule has 0 spiro atoms. The first-order valence-corrected chi connectivity index (χ1v) is 4.18. The van der Waals surface area contributed by atoms with Crippen molar-refractivity contribution in [3.8, 4) is 0 Å². The molecule has 66 valence electrons. The van der Waals surface area contributed by atoms with E-state index in [1.54, 1.807) is 0 Å². The van der Waals surface area contributed by atoms with Crippen LogP contribution >= 0.6 is 0 Å². The topological polar surface area (TPSA) is 25.8 Å². The molecule has 1 atom stereocenters. The van der Waals surface area contributed by atoms with Crippen molar-refractivity contribution in [3.63, 3.8) is 0 Å². The van der Waals surface area contributed by atoms with Crippen molar-refractivity contribution in [2.45, 2.75) is 26.7 Å². The number of hydrogen-bond donors (Lipinski definition) is 0. The van der Waals surface area contributed by atoms with E-state index in [1.807, 2.05) is 0 Å². The molecule has 1 aromatic heterocycles. The predicted octanol–water partition coefficient (Wildman–Crippen LogP) is 2.20. The van der Waals surface area contributed by atoms with E-state index in [0.717, 1.165) is 24.7 Å². The summed E-state index contributed by atoms with van der Waals surface area (Å²) in [7, 11) is 0. The smallest absolute Gasteiger partial charge is 0.231 e. The molecule has 0 saturated carbocycles. The molecular formula is C9H13FN2. The van der Waals surface area contributed by atoms with Gasteiger partial charge < -0.3 is 0 Å². The van der Waals surface area contributed by atoms with Gasteiger partial charge in [0.15, 0.2) is 0 Å². The van der Waals surface area contributed by atoms with Gasteiger partial charge in [-0.25, -0.2) is 4.98 Å². The van der Waals surface area contributed by atoms with Gasteiger partial charge in [0, 0.05) is 0 Å². The van der Waals surface area contributed by atoms with Crippen LogP contribution in [0.5, 0.6) is 0 Å². The summed E-state index contributed by atoms with van der Waals surface area (Å²) in [5, 5.41) is 0. The largest absolute Gasteiger partial charge is 0.255 e. The van der Waals surface area contributed by atoms with Crippen molar-refractivity contribution >= 4 is 0 Å². The van der Waals surface area contributed by atoms with Crippen LogP contribution in [0.15, 0.2) is 12.4 Å². The molecule has 0 aromatic carbocycles. The van der Waals surface area contributed by atoms with E-state index in [9.17, 15) is 4.39 Å². The number of rotatable bonds is 3. The van der Waals surface area contributed by atoms with Gasteiger partial charge in [-0.2, -0.15) is 4.39 Å². The maximum absolute atomic E-state index is 12.3. The molecule has 1 rings (SSSR count). The van der Waals surface area contributed by atoms with Crippen LogP contribution < -0.4 is 0 Å². The quantitative estimate of drug-likeness (QED) is 0.691. The van der Waals surface area contributed by atoms with Crippen LogP contribution in [0.1, 0.15) is 26.0 Å². The van der Waals surface area contributed by atoms with Gasteiger partial charge in [-0.1, -0.05) is 20.3 Å². The predicted molar refractivity (Wildman–Crippen MR) is 45.1 cm³/mol. The van der Waals surface area contributed by atoms with Gasteiger partial charge in [0.05, 0.1) is 18.1 Å². The first kappa shape index (κ1) is 9.10. The number of hydrogen-bond acceptors (Lipinski definition) is 2. The summed E-state index contributed by atoms with van der Waals surface area (Å²) in [6, 6.07) is 0. The molecule has 1 aromatic rings. The fourth-order valence-corrected chi connectivity index (χ4v) is 0.946. The Morgan fingerprint density at radius 2 is 2.17 bits per heavy atom. The average Bonchev–Trinajstić information content (AvgIpc) is 2.09. The SMILES string of the molecule is CCC(C)Cc1cnc(F)cn1. The summed E-state index contributed by atoms with van der Waals surface area (Å²) >= 11 is 0. The van der Waals surface area contributed by atoms with E-state index in [4.69, 9.17) is 0 Å². The van der Waals surface area contributed by atoms with Crippen LogP contribution in [0.2, 0.25) is 0 Å². The molecule has 0 bridgehead atoms. The molecule has 0 N–H and O–H groups in total. The Kier molecular flexibility index (Phi) is 3.14. The molecule has 1 heterocycles. The highest BCUT2D eigenvalue weighted by Crippen LogP contribution is 2.07. The van der Waals surface area contributed by atoms with E-state index >= 15 is 0 Å². The molecule has 0 aliphatic carbocycles. The van der Waals surface area contributed by atoms with Crippen molar-refractivity contribution in [2.75, 3.05) is 0 Å². The lowest BCUT2D eigenvalue weighted by molar-refractivity contribution is 0.538. The van der Waals surface area contributed by atoms with Gasteiger partial charge in [-0.05, 0) is 12.3 Å². The third-order valence-electron chi connectivity index (χ3n) is 1.93. The van der Waals surface area contributed by atoms with E-state index in [-0.39, 0.29) is 0 Å². The van der Waals surface area contributed by atoms with Crippen LogP contribution in [0.4, 0.5) is 4.39 Å². The zero-order chi connectivity index (χ0) is 8.97. The lowest BCUT2D eigenvalue weighted by Crippen LogP contribution is -2.01. The highest BCUT2D eigenvalue weighted by Gasteiger charge is 2.02. The van der Waals surface area contributed by atoms with E-state index in [2.05, 4.69) is 23.8 Å². The summed E-state index contributed by atoms with van der Waals surface area (Å²) in [5.41, 5.74) is 0.866. The first-order valence-electron chi connectivity index (χ1n) is 4.18. The Morgan fingerprint density at radius 3 is 2.67 bits per heavy atom. The molecule has 1 unspecified atom stereocenters. The summed E-state index contributed by atoms with van der Waals surface area (Å²) in [6.07, 6.45) is 4.65. The minimum Gasteiger partial charge on any atom is -0.255 e. The fourth-order valence-electron chi connectivity index (χ4n) is 0.946. The van der Waals surface area contributed by atoms with Crippen molar-refractivity contribution in [2.24, 2.45) is 5.92 Å². The van der Waals surface area contributed by atoms with Gasteiger partial charge in [-0.3, -0.25) is 4.98 Å². The van der Waals surface area contributed by atoms with Crippen LogP contribution in [-0.4, -0.2) is 9.97 Å². The number of aromatic nitrogens is 2. The first-order chi connectivity index (χ1) is 5.72. The van der Waals surface area contributed by atoms with Crippen molar-refractivity contribution in [3.05, 3.63) is 24.0 Å². The van der Waals surface area contributed by atoms with Gasteiger partial charge >= 0.3 is 0 Å². The standard InChI is InChI=1S/C9H13FN2/c1-3-7(2)4-8-5-12-9(10)6-11-8/h5-7H,3-4H2,1-2H3.